The van der Waals surface area contributed by atoms with Crippen LogP contribution in [0.2, 0.25) is 0 Å². The summed E-state index contributed by atoms with van der Waals surface area (Å²) in [6, 6.07) is 1.84. The number of guanidine groups is 1. The van der Waals surface area contributed by atoms with Crippen molar-refractivity contribution in [2.24, 2.45) is 4.99 Å². The number of nitrogens with zero attached hydrogens (tertiary/aromatic N) is 3. The Labute approximate surface area is 183 Å². The minimum atomic E-state index is 0. The molecule has 2 saturated heterocycles. The van der Waals surface area contributed by atoms with Crippen LogP contribution < -0.4 is 10.6 Å². The van der Waals surface area contributed by atoms with Gasteiger partial charge in [0.2, 0.25) is 0 Å². The van der Waals surface area contributed by atoms with Crippen LogP contribution in [-0.4, -0.2) is 85.9 Å². The zero-order valence-electron chi connectivity index (χ0n) is 18.0. The maximum absolute atomic E-state index is 6.02. The van der Waals surface area contributed by atoms with Gasteiger partial charge in [-0.1, -0.05) is 0 Å². The smallest absolute Gasteiger partial charge is 0.191 e. The molecule has 0 aliphatic carbocycles. The molecule has 2 atom stereocenters. The molecule has 0 bridgehead atoms. The number of hydrogen-bond acceptors (Lipinski definition) is 4. The summed E-state index contributed by atoms with van der Waals surface area (Å²) in [5, 5.41) is 6.84. The monoisotopic (exact) mass is 495 g/mol. The summed E-state index contributed by atoms with van der Waals surface area (Å²) in [6.07, 6.45) is 3.97. The highest BCUT2D eigenvalue weighted by Crippen LogP contribution is 2.22. The minimum Gasteiger partial charge on any atom is -0.373 e. The van der Waals surface area contributed by atoms with Gasteiger partial charge in [0, 0.05) is 44.3 Å². The summed E-state index contributed by atoms with van der Waals surface area (Å²) < 4.78 is 6.02. The van der Waals surface area contributed by atoms with Crippen molar-refractivity contribution in [2.75, 3.05) is 45.9 Å². The van der Waals surface area contributed by atoms with E-state index in [4.69, 9.17) is 9.73 Å². The van der Waals surface area contributed by atoms with Crippen molar-refractivity contribution in [3.8, 4) is 0 Å². The second-order valence-electron chi connectivity index (χ2n) is 8.17. The number of halogens is 1. The van der Waals surface area contributed by atoms with Crippen molar-refractivity contribution in [2.45, 2.75) is 78.1 Å². The number of nitrogens with one attached hydrogen (secondary N) is 2. The van der Waals surface area contributed by atoms with Gasteiger partial charge >= 0.3 is 0 Å². The lowest BCUT2D eigenvalue weighted by Crippen LogP contribution is -2.47. The van der Waals surface area contributed by atoms with Crippen LogP contribution in [0, 0.1) is 0 Å². The highest BCUT2D eigenvalue weighted by atomic mass is 127. The fourth-order valence-electron chi connectivity index (χ4n) is 4.11. The van der Waals surface area contributed by atoms with E-state index in [2.05, 4.69) is 55.1 Å². The van der Waals surface area contributed by atoms with Gasteiger partial charge < -0.3 is 15.4 Å². The molecule has 2 aliphatic rings. The molecule has 2 aliphatic heterocycles. The fourth-order valence-corrected chi connectivity index (χ4v) is 4.11. The van der Waals surface area contributed by atoms with Crippen molar-refractivity contribution in [3.05, 3.63) is 0 Å². The Balaban J connectivity index is 0.00000364. The van der Waals surface area contributed by atoms with Crippen LogP contribution in [0.1, 0.15) is 53.9 Å². The molecule has 27 heavy (non-hydrogen) atoms. The van der Waals surface area contributed by atoms with Crippen molar-refractivity contribution >= 4 is 29.9 Å². The third kappa shape index (κ3) is 8.41. The van der Waals surface area contributed by atoms with E-state index >= 15 is 0 Å². The zero-order chi connectivity index (χ0) is 18.9. The van der Waals surface area contributed by atoms with E-state index in [1.165, 1.54) is 19.4 Å². The second-order valence-corrected chi connectivity index (χ2v) is 8.17. The predicted molar refractivity (Wildman–Crippen MR) is 125 cm³/mol. The molecule has 6 nitrogen and oxygen atoms in total. The number of ether oxygens (including phenoxy) is 1. The quantitative estimate of drug-likeness (QED) is 0.223. The van der Waals surface area contributed by atoms with Gasteiger partial charge in [-0.05, 0) is 60.4 Å². The summed E-state index contributed by atoms with van der Waals surface area (Å²) in [4.78, 5) is 9.88. The van der Waals surface area contributed by atoms with Crippen LogP contribution in [0.4, 0.5) is 0 Å². The topological polar surface area (TPSA) is 52.1 Å². The molecule has 0 radical (unpaired) electrons. The third-order valence-corrected chi connectivity index (χ3v) is 5.47. The number of morpholine rings is 1. The van der Waals surface area contributed by atoms with Gasteiger partial charge in [0.15, 0.2) is 5.96 Å². The molecule has 160 valence electrons. The molecule has 0 aromatic heterocycles. The Kier molecular flexibility index (Phi) is 12.2. The predicted octanol–water partition coefficient (Wildman–Crippen LogP) is 2.53. The first-order valence-electron chi connectivity index (χ1n) is 10.6. The molecule has 2 rings (SSSR count). The molecule has 2 heterocycles. The van der Waals surface area contributed by atoms with Gasteiger partial charge in [-0.25, -0.2) is 0 Å². The first-order chi connectivity index (χ1) is 12.5. The molecule has 2 N–H and O–H groups in total. The molecule has 2 unspecified atom stereocenters. The van der Waals surface area contributed by atoms with Crippen LogP contribution in [0.3, 0.4) is 0 Å². The van der Waals surface area contributed by atoms with E-state index in [-0.39, 0.29) is 30.1 Å². The van der Waals surface area contributed by atoms with E-state index in [1.807, 2.05) is 0 Å². The fraction of sp³-hybridized carbons (Fsp3) is 0.950. The highest BCUT2D eigenvalue weighted by Gasteiger charge is 2.31. The molecular weight excluding hydrogens is 453 g/mol. The molecule has 0 saturated carbocycles. The SMILES string of the molecule is CCNC(=NCC1CN2CCCC2CO1)NCCCN(C(C)C)C(C)C.I. The Morgan fingerprint density at radius 1 is 1.22 bits per heavy atom. The first-order valence-corrected chi connectivity index (χ1v) is 10.6. The van der Waals surface area contributed by atoms with Crippen LogP contribution in [0.5, 0.6) is 0 Å². The van der Waals surface area contributed by atoms with Crippen molar-refractivity contribution in [1.82, 2.24) is 20.4 Å². The highest BCUT2D eigenvalue weighted by molar-refractivity contribution is 14.0. The van der Waals surface area contributed by atoms with Crippen molar-refractivity contribution < 1.29 is 4.74 Å². The van der Waals surface area contributed by atoms with Crippen LogP contribution in [0.25, 0.3) is 0 Å². The van der Waals surface area contributed by atoms with E-state index in [9.17, 15) is 0 Å². The zero-order valence-corrected chi connectivity index (χ0v) is 20.4. The normalized spacial score (nSPS) is 23.6. The van der Waals surface area contributed by atoms with Crippen molar-refractivity contribution in [3.63, 3.8) is 0 Å². The van der Waals surface area contributed by atoms with Gasteiger partial charge in [-0.3, -0.25) is 14.8 Å². The molecule has 0 amide bonds. The van der Waals surface area contributed by atoms with Gasteiger partial charge in [0.25, 0.3) is 0 Å². The average Bonchev–Trinajstić information content (AvgIpc) is 3.06. The van der Waals surface area contributed by atoms with Gasteiger partial charge in [-0.15, -0.1) is 24.0 Å². The van der Waals surface area contributed by atoms with Crippen LogP contribution in [-0.2, 0) is 4.74 Å². The Morgan fingerprint density at radius 3 is 2.63 bits per heavy atom. The van der Waals surface area contributed by atoms with E-state index in [1.54, 1.807) is 0 Å². The molecular formula is C20H42IN5O. The van der Waals surface area contributed by atoms with Gasteiger partial charge in [-0.2, -0.15) is 0 Å². The summed E-state index contributed by atoms with van der Waals surface area (Å²) in [7, 11) is 0. The minimum absolute atomic E-state index is 0. The maximum atomic E-state index is 6.02. The summed E-state index contributed by atoms with van der Waals surface area (Å²) in [5.74, 6) is 0.917. The largest absolute Gasteiger partial charge is 0.373 e. The molecule has 0 aromatic rings. The standard InChI is InChI=1S/C20H41N5O.HI/c1-6-21-20(22-10-8-12-25(16(2)3)17(4)5)23-13-19-14-24-11-7-9-18(24)15-26-19;/h16-19H,6-15H2,1-5H3,(H2,21,22,23);1H. The molecule has 0 aromatic carbocycles. The van der Waals surface area contributed by atoms with E-state index in [0.29, 0.717) is 18.1 Å². The Hall–Kier alpha value is -0.120. The molecule has 0 spiro atoms. The number of aliphatic imine (C=N–C) groups is 1. The summed E-state index contributed by atoms with van der Waals surface area (Å²) >= 11 is 0. The van der Waals surface area contributed by atoms with Gasteiger partial charge in [0.05, 0.1) is 19.3 Å². The number of fused-ring (bicyclic) bond motifs is 1. The lowest BCUT2D eigenvalue weighted by Gasteiger charge is -2.34. The number of hydrogen-bond donors (Lipinski definition) is 2. The first kappa shape index (κ1) is 24.9. The van der Waals surface area contributed by atoms with Crippen LogP contribution in [0.15, 0.2) is 4.99 Å². The Morgan fingerprint density at radius 2 is 1.96 bits per heavy atom. The molecule has 2 fully saturated rings. The lowest BCUT2D eigenvalue weighted by atomic mass is 10.2. The third-order valence-electron chi connectivity index (χ3n) is 5.47. The lowest BCUT2D eigenvalue weighted by molar-refractivity contribution is -0.0432. The van der Waals surface area contributed by atoms with Gasteiger partial charge in [0.1, 0.15) is 0 Å². The van der Waals surface area contributed by atoms with E-state index in [0.717, 1.165) is 51.7 Å². The van der Waals surface area contributed by atoms with Crippen molar-refractivity contribution in [1.29, 1.82) is 0 Å². The molecule has 7 heteroatoms. The number of rotatable bonds is 9. The van der Waals surface area contributed by atoms with Crippen LogP contribution >= 0.6 is 24.0 Å². The van der Waals surface area contributed by atoms with E-state index < -0.39 is 0 Å². The second kappa shape index (κ2) is 13.2. The Bertz CT molecular complexity index is 425. The summed E-state index contributed by atoms with van der Waals surface area (Å²) in [5.41, 5.74) is 0. The maximum Gasteiger partial charge on any atom is 0.191 e. The average molecular weight is 495 g/mol. The summed E-state index contributed by atoms with van der Waals surface area (Å²) in [6.45, 7) is 18.0.